The third-order valence-corrected chi connectivity index (χ3v) is 2.84. The maximum Gasteiger partial charge on any atom is 0.130 e. The zero-order valence-corrected chi connectivity index (χ0v) is 9.05. The lowest BCUT2D eigenvalue weighted by molar-refractivity contribution is 0.438. The fourth-order valence-electron chi connectivity index (χ4n) is 1.49. The zero-order valence-electron chi connectivity index (χ0n) is 9.05. The van der Waals surface area contributed by atoms with Crippen molar-refractivity contribution in [1.82, 2.24) is 0 Å². The van der Waals surface area contributed by atoms with Crippen LogP contribution in [-0.2, 0) is 0 Å². The summed E-state index contributed by atoms with van der Waals surface area (Å²) in [7, 11) is 0. The minimum absolute atomic E-state index is 0.152. The second-order valence-electron chi connectivity index (χ2n) is 3.89. The number of hydrogen-bond donors (Lipinski definition) is 1. The molecule has 2 heteroatoms. The average molecular weight is 195 g/mol. The lowest BCUT2D eigenvalue weighted by Crippen LogP contribution is -2.20. The Hall–Kier alpha value is -0.890. The van der Waals surface area contributed by atoms with Crippen molar-refractivity contribution in [2.24, 2.45) is 11.7 Å². The van der Waals surface area contributed by atoms with Gasteiger partial charge in [0.15, 0.2) is 0 Å². The highest BCUT2D eigenvalue weighted by molar-refractivity contribution is 5.27. The average Bonchev–Trinajstić information content (AvgIpc) is 2.20. The Morgan fingerprint density at radius 2 is 2.07 bits per heavy atom. The molecule has 0 aliphatic carbocycles. The second-order valence-corrected chi connectivity index (χ2v) is 3.89. The van der Waals surface area contributed by atoms with E-state index in [-0.39, 0.29) is 11.9 Å². The summed E-state index contributed by atoms with van der Waals surface area (Å²) < 4.78 is 13.7. The molecule has 0 saturated heterocycles. The minimum Gasteiger partial charge on any atom is -0.324 e. The molecule has 0 fully saturated rings. The van der Waals surface area contributed by atoms with E-state index < -0.39 is 0 Å². The summed E-state index contributed by atoms with van der Waals surface area (Å²) in [4.78, 5) is 0. The molecule has 0 aliphatic rings. The molecule has 0 heterocycles. The van der Waals surface area contributed by atoms with E-state index in [9.17, 15) is 4.39 Å². The third-order valence-electron chi connectivity index (χ3n) is 2.84. The Kier molecular flexibility index (Phi) is 3.64. The first kappa shape index (κ1) is 11.2. The van der Waals surface area contributed by atoms with E-state index in [0.29, 0.717) is 17.0 Å². The van der Waals surface area contributed by atoms with Crippen LogP contribution in [0.25, 0.3) is 0 Å². The molecule has 2 unspecified atom stereocenters. The van der Waals surface area contributed by atoms with Gasteiger partial charge in [-0.1, -0.05) is 38.5 Å². The van der Waals surface area contributed by atoms with E-state index in [4.69, 9.17) is 5.73 Å². The van der Waals surface area contributed by atoms with E-state index in [2.05, 4.69) is 6.92 Å². The van der Waals surface area contributed by atoms with Gasteiger partial charge in [0, 0.05) is 11.6 Å². The van der Waals surface area contributed by atoms with Gasteiger partial charge in [0.2, 0.25) is 0 Å². The molecule has 1 aromatic rings. The Bertz CT molecular complexity index is 309. The SMILES string of the molecule is CCC(C)C(N)c1cccc(C)c1F. The van der Waals surface area contributed by atoms with Gasteiger partial charge in [-0.05, 0) is 18.4 Å². The predicted octanol–water partition coefficient (Wildman–Crippen LogP) is 3.18. The molecule has 14 heavy (non-hydrogen) atoms. The van der Waals surface area contributed by atoms with Gasteiger partial charge >= 0.3 is 0 Å². The maximum atomic E-state index is 13.7. The van der Waals surface area contributed by atoms with Gasteiger partial charge in [0.25, 0.3) is 0 Å². The van der Waals surface area contributed by atoms with Gasteiger partial charge in [-0.2, -0.15) is 0 Å². The van der Waals surface area contributed by atoms with E-state index >= 15 is 0 Å². The minimum atomic E-state index is -0.195. The molecular weight excluding hydrogens is 177 g/mol. The van der Waals surface area contributed by atoms with Crippen molar-refractivity contribution >= 4 is 0 Å². The molecule has 0 aliphatic heterocycles. The van der Waals surface area contributed by atoms with Crippen LogP contribution in [0.15, 0.2) is 18.2 Å². The summed E-state index contributed by atoms with van der Waals surface area (Å²) in [6.45, 7) is 5.88. The fourth-order valence-corrected chi connectivity index (χ4v) is 1.49. The zero-order chi connectivity index (χ0) is 10.7. The van der Waals surface area contributed by atoms with Crippen LogP contribution in [0.4, 0.5) is 4.39 Å². The number of aryl methyl sites for hydroxylation is 1. The van der Waals surface area contributed by atoms with E-state index in [1.54, 1.807) is 19.1 Å². The second kappa shape index (κ2) is 4.56. The van der Waals surface area contributed by atoms with Crippen molar-refractivity contribution in [3.05, 3.63) is 35.1 Å². The molecule has 0 spiro atoms. The van der Waals surface area contributed by atoms with Crippen LogP contribution < -0.4 is 5.73 Å². The number of halogens is 1. The molecule has 1 aromatic carbocycles. The van der Waals surface area contributed by atoms with Crippen molar-refractivity contribution in [2.45, 2.75) is 33.2 Å². The number of nitrogens with two attached hydrogens (primary N) is 1. The summed E-state index contributed by atoms with van der Waals surface area (Å²) in [5, 5.41) is 0. The quantitative estimate of drug-likeness (QED) is 0.787. The molecule has 2 N–H and O–H groups in total. The van der Waals surface area contributed by atoms with Gasteiger partial charge in [-0.25, -0.2) is 4.39 Å². The lowest BCUT2D eigenvalue weighted by Gasteiger charge is -2.19. The molecule has 0 saturated carbocycles. The van der Waals surface area contributed by atoms with Crippen LogP contribution in [0, 0.1) is 18.7 Å². The molecule has 0 amide bonds. The van der Waals surface area contributed by atoms with E-state index in [1.165, 1.54) is 0 Å². The maximum absolute atomic E-state index is 13.7. The Balaban J connectivity index is 3.01. The molecule has 2 atom stereocenters. The lowest BCUT2D eigenvalue weighted by atomic mass is 9.92. The monoisotopic (exact) mass is 195 g/mol. The van der Waals surface area contributed by atoms with Crippen LogP contribution in [0.5, 0.6) is 0 Å². The highest BCUT2D eigenvalue weighted by atomic mass is 19.1. The highest BCUT2D eigenvalue weighted by Crippen LogP contribution is 2.25. The largest absolute Gasteiger partial charge is 0.324 e. The van der Waals surface area contributed by atoms with Gasteiger partial charge in [0.1, 0.15) is 5.82 Å². The fraction of sp³-hybridized carbons (Fsp3) is 0.500. The van der Waals surface area contributed by atoms with Gasteiger partial charge in [0.05, 0.1) is 0 Å². The van der Waals surface area contributed by atoms with Crippen LogP contribution >= 0.6 is 0 Å². The number of hydrogen-bond acceptors (Lipinski definition) is 1. The molecule has 1 nitrogen and oxygen atoms in total. The first-order valence-corrected chi connectivity index (χ1v) is 5.08. The van der Waals surface area contributed by atoms with Gasteiger partial charge in [-0.15, -0.1) is 0 Å². The summed E-state index contributed by atoms with van der Waals surface area (Å²) in [5.41, 5.74) is 7.28. The summed E-state index contributed by atoms with van der Waals surface area (Å²) in [5.74, 6) is 0.159. The molecular formula is C12H18FN. The van der Waals surface area contributed by atoms with E-state index in [1.807, 2.05) is 13.0 Å². The summed E-state index contributed by atoms with van der Waals surface area (Å²) in [6.07, 6.45) is 0.967. The summed E-state index contributed by atoms with van der Waals surface area (Å²) >= 11 is 0. The van der Waals surface area contributed by atoms with Crippen molar-refractivity contribution < 1.29 is 4.39 Å². The van der Waals surface area contributed by atoms with Crippen LogP contribution in [-0.4, -0.2) is 0 Å². The van der Waals surface area contributed by atoms with Crippen molar-refractivity contribution in [2.75, 3.05) is 0 Å². The first-order chi connectivity index (χ1) is 6.57. The molecule has 1 rings (SSSR count). The Morgan fingerprint density at radius 1 is 1.43 bits per heavy atom. The topological polar surface area (TPSA) is 26.0 Å². The molecule has 0 bridgehead atoms. The normalized spacial score (nSPS) is 15.2. The molecule has 0 radical (unpaired) electrons. The first-order valence-electron chi connectivity index (χ1n) is 5.08. The molecule has 0 aromatic heterocycles. The number of benzene rings is 1. The van der Waals surface area contributed by atoms with Gasteiger partial charge < -0.3 is 5.73 Å². The predicted molar refractivity (Wildman–Crippen MR) is 57.5 cm³/mol. The standard InChI is InChI=1S/C12H18FN/c1-4-8(2)12(14)10-7-5-6-9(3)11(10)13/h5-8,12H,4,14H2,1-3H3. The van der Waals surface area contributed by atoms with Crippen molar-refractivity contribution in [3.8, 4) is 0 Å². The number of rotatable bonds is 3. The van der Waals surface area contributed by atoms with Crippen LogP contribution in [0.3, 0.4) is 0 Å². The van der Waals surface area contributed by atoms with Crippen molar-refractivity contribution in [1.29, 1.82) is 0 Å². The van der Waals surface area contributed by atoms with E-state index in [0.717, 1.165) is 6.42 Å². The summed E-state index contributed by atoms with van der Waals surface area (Å²) in [6, 6.07) is 5.21. The molecule has 78 valence electrons. The van der Waals surface area contributed by atoms with Crippen molar-refractivity contribution in [3.63, 3.8) is 0 Å². The Morgan fingerprint density at radius 3 is 2.64 bits per heavy atom. The Labute approximate surface area is 85.1 Å². The third kappa shape index (κ3) is 2.13. The highest BCUT2D eigenvalue weighted by Gasteiger charge is 2.17. The van der Waals surface area contributed by atoms with Crippen LogP contribution in [0.2, 0.25) is 0 Å². The van der Waals surface area contributed by atoms with Gasteiger partial charge in [-0.3, -0.25) is 0 Å². The van der Waals surface area contributed by atoms with Crippen LogP contribution in [0.1, 0.15) is 37.4 Å². The smallest absolute Gasteiger partial charge is 0.130 e.